The van der Waals surface area contributed by atoms with Crippen LogP contribution in [0.25, 0.3) is 0 Å². The molecule has 0 saturated heterocycles. The topological polar surface area (TPSA) is 21.3 Å². The second-order valence-electron chi connectivity index (χ2n) is 5.23. The first-order valence-electron chi connectivity index (χ1n) is 7.65. The van der Waals surface area contributed by atoms with Gasteiger partial charge in [0, 0.05) is 18.2 Å². The molecule has 2 nitrogen and oxygen atoms in total. The summed E-state index contributed by atoms with van der Waals surface area (Å²) in [7, 11) is 0. The molecular formula is C18H27NO. The second-order valence-corrected chi connectivity index (χ2v) is 5.23. The van der Waals surface area contributed by atoms with Crippen molar-refractivity contribution >= 4 is 0 Å². The molecule has 0 amide bonds. The van der Waals surface area contributed by atoms with Gasteiger partial charge in [-0.15, -0.1) is 6.42 Å². The second kappa shape index (κ2) is 10.3. The van der Waals surface area contributed by atoms with Gasteiger partial charge in [0.05, 0.1) is 0 Å². The summed E-state index contributed by atoms with van der Waals surface area (Å²) in [5, 5.41) is 3.56. The average Bonchev–Trinajstić information content (AvgIpc) is 2.48. The maximum atomic E-state index is 5.56. The molecule has 0 aliphatic carbocycles. The quantitative estimate of drug-likeness (QED) is 0.511. The van der Waals surface area contributed by atoms with Crippen LogP contribution in [0.1, 0.15) is 51.5 Å². The molecule has 0 bridgehead atoms. The molecule has 1 aromatic carbocycles. The monoisotopic (exact) mass is 273 g/mol. The number of unbranched alkanes of at least 4 members (excludes halogenated alkanes) is 3. The van der Waals surface area contributed by atoms with Crippen molar-refractivity contribution in [2.24, 2.45) is 0 Å². The standard InChI is InChI=1S/C18H27NO/c1-4-6-7-8-11-16(3)19-15-17-12-9-10-13-18(17)20-14-5-2/h2,9-10,12-13,16,19H,4,6-8,11,14-15H2,1,3H3. The van der Waals surface area contributed by atoms with Gasteiger partial charge in [0.1, 0.15) is 12.4 Å². The highest BCUT2D eigenvalue weighted by molar-refractivity contribution is 5.33. The molecule has 1 atom stereocenters. The zero-order valence-electron chi connectivity index (χ0n) is 12.8. The first-order valence-corrected chi connectivity index (χ1v) is 7.65. The first kappa shape index (κ1) is 16.6. The molecule has 110 valence electrons. The molecule has 0 radical (unpaired) electrons. The van der Waals surface area contributed by atoms with E-state index < -0.39 is 0 Å². The number of para-hydroxylation sites is 1. The minimum Gasteiger partial charge on any atom is -0.481 e. The highest BCUT2D eigenvalue weighted by Crippen LogP contribution is 2.18. The summed E-state index contributed by atoms with van der Waals surface area (Å²) in [6, 6.07) is 8.60. The molecular weight excluding hydrogens is 246 g/mol. The van der Waals surface area contributed by atoms with Crippen molar-refractivity contribution in [2.75, 3.05) is 6.61 Å². The van der Waals surface area contributed by atoms with Crippen LogP contribution in [0.15, 0.2) is 24.3 Å². The van der Waals surface area contributed by atoms with E-state index in [1.165, 1.54) is 37.7 Å². The summed E-state index contributed by atoms with van der Waals surface area (Å²) < 4.78 is 5.56. The lowest BCUT2D eigenvalue weighted by atomic mass is 10.1. The Bertz CT molecular complexity index is 408. The number of hydrogen-bond acceptors (Lipinski definition) is 2. The fourth-order valence-corrected chi connectivity index (χ4v) is 2.17. The van der Waals surface area contributed by atoms with Crippen LogP contribution in [-0.4, -0.2) is 12.6 Å². The van der Waals surface area contributed by atoms with Gasteiger partial charge in [-0.2, -0.15) is 0 Å². The van der Waals surface area contributed by atoms with Crippen LogP contribution in [0.2, 0.25) is 0 Å². The Balaban J connectivity index is 2.35. The van der Waals surface area contributed by atoms with E-state index in [2.05, 4.69) is 31.2 Å². The van der Waals surface area contributed by atoms with Gasteiger partial charge >= 0.3 is 0 Å². The van der Waals surface area contributed by atoms with E-state index in [1.54, 1.807) is 0 Å². The van der Waals surface area contributed by atoms with Crippen molar-refractivity contribution in [3.8, 4) is 18.1 Å². The lowest BCUT2D eigenvalue weighted by Crippen LogP contribution is -2.25. The van der Waals surface area contributed by atoms with Gasteiger partial charge in [-0.05, 0) is 19.4 Å². The molecule has 1 N–H and O–H groups in total. The van der Waals surface area contributed by atoms with Crippen molar-refractivity contribution in [1.29, 1.82) is 0 Å². The van der Waals surface area contributed by atoms with E-state index in [9.17, 15) is 0 Å². The lowest BCUT2D eigenvalue weighted by Gasteiger charge is -2.15. The molecule has 0 aliphatic rings. The molecule has 0 heterocycles. The summed E-state index contributed by atoms with van der Waals surface area (Å²) in [5.41, 5.74) is 1.17. The van der Waals surface area contributed by atoms with E-state index in [1.807, 2.05) is 18.2 Å². The predicted octanol–water partition coefficient (Wildman–Crippen LogP) is 4.15. The average molecular weight is 273 g/mol. The van der Waals surface area contributed by atoms with E-state index in [4.69, 9.17) is 11.2 Å². The van der Waals surface area contributed by atoms with Crippen LogP contribution in [0.3, 0.4) is 0 Å². The lowest BCUT2D eigenvalue weighted by molar-refractivity contribution is 0.363. The molecule has 0 aromatic heterocycles. The minimum absolute atomic E-state index is 0.323. The third-order valence-electron chi connectivity index (χ3n) is 3.42. The van der Waals surface area contributed by atoms with Gasteiger partial charge in [-0.25, -0.2) is 0 Å². The molecule has 1 rings (SSSR count). The fourth-order valence-electron chi connectivity index (χ4n) is 2.17. The molecule has 1 unspecified atom stereocenters. The van der Waals surface area contributed by atoms with Crippen LogP contribution in [-0.2, 0) is 6.54 Å². The number of benzene rings is 1. The van der Waals surface area contributed by atoms with Crippen LogP contribution in [0.4, 0.5) is 0 Å². The smallest absolute Gasteiger partial charge is 0.148 e. The van der Waals surface area contributed by atoms with E-state index in [0.29, 0.717) is 12.6 Å². The highest BCUT2D eigenvalue weighted by atomic mass is 16.5. The maximum absolute atomic E-state index is 5.56. The van der Waals surface area contributed by atoms with Crippen LogP contribution in [0.5, 0.6) is 5.75 Å². The van der Waals surface area contributed by atoms with Crippen molar-refractivity contribution in [3.63, 3.8) is 0 Å². The Hall–Kier alpha value is -1.46. The van der Waals surface area contributed by atoms with Crippen molar-refractivity contribution in [2.45, 2.75) is 58.5 Å². The molecule has 20 heavy (non-hydrogen) atoms. The van der Waals surface area contributed by atoms with Gasteiger partial charge in [0.25, 0.3) is 0 Å². The van der Waals surface area contributed by atoms with Crippen molar-refractivity contribution in [1.82, 2.24) is 5.32 Å². The Morgan fingerprint density at radius 1 is 1.25 bits per heavy atom. The Morgan fingerprint density at radius 2 is 2.05 bits per heavy atom. The zero-order chi connectivity index (χ0) is 14.6. The fraction of sp³-hybridized carbons (Fsp3) is 0.556. The molecule has 2 heteroatoms. The molecule has 0 aliphatic heterocycles. The highest BCUT2D eigenvalue weighted by Gasteiger charge is 2.05. The van der Waals surface area contributed by atoms with E-state index in [-0.39, 0.29) is 0 Å². The number of nitrogens with one attached hydrogen (secondary N) is 1. The van der Waals surface area contributed by atoms with Crippen LogP contribution in [0, 0.1) is 12.3 Å². The number of ether oxygens (including phenoxy) is 1. The van der Waals surface area contributed by atoms with Gasteiger partial charge in [-0.3, -0.25) is 0 Å². The normalized spacial score (nSPS) is 11.8. The number of terminal acetylenes is 1. The largest absolute Gasteiger partial charge is 0.481 e. The van der Waals surface area contributed by atoms with Gasteiger partial charge in [0.15, 0.2) is 0 Å². The minimum atomic E-state index is 0.323. The SMILES string of the molecule is C#CCOc1ccccc1CNC(C)CCCCCC. The molecule has 1 aromatic rings. The first-order chi connectivity index (χ1) is 9.77. The zero-order valence-corrected chi connectivity index (χ0v) is 12.8. The number of hydrogen-bond donors (Lipinski definition) is 1. The summed E-state index contributed by atoms with van der Waals surface area (Å²) >= 11 is 0. The molecule has 0 spiro atoms. The van der Waals surface area contributed by atoms with Crippen molar-refractivity contribution < 1.29 is 4.74 Å². The molecule has 0 fully saturated rings. The van der Waals surface area contributed by atoms with E-state index in [0.717, 1.165) is 12.3 Å². The van der Waals surface area contributed by atoms with Crippen LogP contribution >= 0.6 is 0 Å². The third-order valence-corrected chi connectivity index (χ3v) is 3.42. The Labute approximate surface area is 123 Å². The summed E-state index contributed by atoms with van der Waals surface area (Å²) in [4.78, 5) is 0. The Kier molecular flexibility index (Phi) is 8.58. The summed E-state index contributed by atoms with van der Waals surface area (Å²) in [6.45, 7) is 5.64. The predicted molar refractivity (Wildman–Crippen MR) is 85.8 cm³/mol. The maximum Gasteiger partial charge on any atom is 0.148 e. The van der Waals surface area contributed by atoms with Gasteiger partial charge < -0.3 is 10.1 Å². The summed E-state index contributed by atoms with van der Waals surface area (Å²) in [6.07, 6.45) is 11.7. The molecule has 0 saturated carbocycles. The van der Waals surface area contributed by atoms with E-state index >= 15 is 0 Å². The van der Waals surface area contributed by atoms with Gasteiger partial charge in [0.2, 0.25) is 0 Å². The third kappa shape index (κ3) is 6.63. The van der Waals surface area contributed by atoms with Crippen LogP contribution < -0.4 is 10.1 Å². The summed E-state index contributed by atoms with van der Waals surface area (Å²) in [5.74, 6) is 3.39. The van der Waals surface area contributed by atoms with Crippen molar-refractivity contribution in [3.05, 3.63) is 29.8 Å². The number of rotatable bonds is 10. The Morgan fingerprint density at radius 3 is 2.80 bits per heavy atom. The van der Waals surface area contributed by atoms with Gasteiger partial charge in [-0.1, -0.05) is 56.7 Å².